The highest BCUT2D eigenvalue weighted by molar-refractivity contribution is 5.56. The quantitative estimate of drug-likeness (QED) is 0.627. The summed E-state index contributed by atoms with van der Waals surface area (Å²) < 4.78 is 25.9. The van der Waals surface area contributed by atoms with Crippen molar-refractivity contribution < 1.29 is 8.78 Å². The van der Waals surface area contributed by atoms with E-state index in [1.807, 2.05) is 39.8 Å². The van der Waals surface area contributed by atoms with Gasteiger partial charge in [-0.1, -0.05) is 49.8 Å². The fourth-order valence-corrected chi connectivity index (χ4v) is 1.37. The number of hydrogen-bond donors (Lipinski definition) is 0. The van der Waals surface area contributed by atoms with Crippen LogP contribution in [0, 0.1) is 5.82 Å². The smallest absolute Gasteiger partial charge is 0.136 e. The summed E-state index contributed by atoms with van der Waals surface area (Å²) in [6.07, 6.45) is 5.46. The molecule has 17 heavy (non-hydrogen) atoms. The largest absolute Gasteiger partial charge is 0.246 e. The van der Waals surface area contributed by atoms with Crippen molar-refractivity contribution in [1.82, 2.24) is 0 Å². The van der Waals surface area contributed by atoms with Crippen LogP contribution in [0.5, 0.6) is 0 Å². The number of benzene rings is 1. The summed E-state index contributed by atoms with van der Waals surface area (Å²) in [4.78, 5) is 0. The number of allylic oxidation sites excluding steroid dienone is 3. The van der Waals surface area contributed by atoms with Crippen LogP contribution >= 0.6 is 0 Å². The second-order valence-electron chi connectivity index (χ2n) is 3.34. The molecule has 0 fully saturated rings. The van der Waals surface area contributed by atoms with Crippen LogP contribution in [0.15, 0.2) is 35.9 Å². The van der Waals surface area contributed by atoms with Crippen molar-refractivity contribution in [1.29, 1.82) is 0 Å². The van der Waals surface area contributed by atoms with Gasteiger partial charge in [0.05, 0.1) is 0 Å². The Labute approximate surface area is 103 Å². The average molecular weight is 238 g/mol. The molecular weight excluding hydrogens is 218 g/mol. The van der Waals surface area contributed by atoms with E-state index in [2.05, 4.69) is 0 Å². The summed E-state index contributed by atoms with van der Waals surface area (Å²) in [7, 11) is 0. The Morgan fingerprint density at radius 1 is 1.29 bits per heavy atom. The molecule has 0 aliphatic carbocycles. The van der Waals surface area contributed by atoms with E-state index in [-0.39, 0.29) is 5.56 Å². The predicted molar refractivity (Wildman–Crippen MR) is 71.0 cm³/mol. The predicted octanol–water partition coefficient (Wildman–Crippen LogP) is 5.30. The topological polar surface area (TPSA) is 0 Å². The monoisotopic (exact) mass is 238 g/mol. The van der Waals surface area contributed by atoms with Crippen molar-refractivity contribution in [3.63, 3.8) is 0 Å². The molecule has 0 radical (unpaired) electrons. The molecule has 0 N–H and O–H groups in total. The van der Waals surface area contributed by atoms with Gasteiger partial charge in [-0.25, -0.2) is 8.78 Å². The molecule has 0 atom stereocenters. The van der Waals surface area contributed by atoms with Crippen LogP contribution in [0.2, 0.25) is 0 Å². The summed E-state index contributed by atoms with van der Waals surface area (Å²) >= 11 is 0. The summed E-state index contributed by atoms with van der Waals surface area (Å²) in [6.45, 7) is 7.00. The maximum atomic E-state index is 13.6. The molecule has 0 aromatic heterocycles. The Bertz CT molecular complexity index is 390. The van der Waals surface area contributed by atoms with Crippen molar-refractivity contribution in [2.24, 2.45) is 0 Å². The minimum atomic E-state index is -0.768. The molecule has 0 bridgehead atoms. The third kappa shape index (κ3) is 4.94. The SMILES string of the molecule is C/C=C\C(C)=C/c1cccc(CF)c1F.CC. The zero-order chi connectivity index (χ0) is 13.3. The zero-order valence-electron chi connectivity index (χ0n) is 10.9. The van der Waals surface area contributed by atoms with E-state index >= 15 is 0 Å². The van der Waals surface area contributed by atoms with Gasteiger partial charge in [-0.05, 0) is 19.9 Å². The van der Waals surface area contributed by atoms with E-state index in [0.717, 1.165) is 5.57 Å². The van der Waals surface area contributed by atoms with Gasteiger partial charge < -0.3 is 0 Å². The number of rotatable bonds is 3. The molecule has 0 unspecified atom stereocenters. The van der Waals surface area contributed by atoms with E-state index in [1.165, 1.54) is 6.07 Å². The molecule has 0 spiro atoms. The molecule has 1 aromatic rings. The Balaban J connectivity index is 0.00000121. The minimum Gasteiger partial charge on any atom is -0.246 e. The molecular formula is C15H20F2. The maximum absolute atomic E-state index is 13.6. The molecule has 0 aliphatic heterocycles. The van der Waals surface area contributed by atoms with E-state index in [4.69, 9.17) is 0 Å². The lowest BCUT2D eigenvalue weighted by Crippen LogP contribution is -1.90. The molecule has 0 nitrogen and oxygen atoms in total. The van der Waals surface area contributed by atoms with Gasteiger partial charge in [0.2, 0.25) is 0 Å². The number of halogens is 2. The molecule has 0 aliphatic rings. The van der Waals surface area contributed by atoms with Crippen LogP contribution < -0.4 is 0 Å². The highest BCUT2D eigenvalue weighted by Crippen LogP contribution is 2.17. The lowest BCUT2D eigenvalue weighted by atomic mass is 10.1. The first-order chi connectivity index (χ1) is 8.19. The van der Waals surface area contributed by atoms with Crippen molar-refractivity contribution in [2.75, 3.05) is 0 Å². The second-order valence-corrected chi connectivity index (χ2v) is 3.34. The molecule has 2 heteroatoms. The highest BCUT2D eigenvalue weighted by atomic mass is 19.1. The molecule has 0 heterocycles. The molecule has 0 amide bonds. The van der Waals surface area contributed by atoms with Crippen LogP contribution in [0.1, 0.15) is 38.8 Å². The molecule has 1 rings (SSSR count). The lowest BCUT2D eigenvalue weighted by molar-refractivity contribution is 0.463. The van der Waals surface area contributed by atoms with Gasteiger partial charge in [0.15, 0.2) is 0 Å². The molecule has 0 saturated carbocycles. The van der Waals surface area contributed by atoms with E-state index in [1.54, 1.807) is 18.2 Å². The van der Waals surface area contributed by atoms with E-state index < -0.39 is 12.5 Å². The Hall–Kier alpha value is -1.44. The third-order valence-corrected chi connectivity index (χ3v) is 2.07. The summed E-state index contributed by atoms with van der Waals surface area (Å²) in [5.74, 6) is -0.469. The van der Waals surface area contributed by atoms with Crippen molar-refractivity contribution in [3.05, 3.63) is 52.9 Å². The number of alkyl halides is 1. The van der Waals surface area contributed by atoms with Gasteiger partial charge in [-0.2, -0.15) is 0 Å². The van der Waals surface area contributed by atoms with Gasteiger partial charge in [0, 0.05) is 11.1 Å². The van der Waals surface area contributed by atoms with Crippen LogP contribution in [0.3, 0.4) is 0 Å². The minimum absolute atomic E-state index is 0.108. The van der Waals surface area contributed by atoms with Gasteiger partial charge >= 0.3 is 0 Å². The van der Waals surface area contributed by atoms with Crippen molar-refractivity contribution in [2.45, 2.75) is 34.4 Å². The normalized spacial score (nSPS) is 11.3. The standard InChI is InChI=1S/C13H14F2.C2H6/c1-3-5-10(2)8-11-6-4-7-12(9-14)13(11)15;1-2/h3-8H,9H2,1-2H3;1-2H3/b5-3-,10-8-;. The first-order valence-corrected chi connectivity index (χ1v) is 5.83. The van der Waals surface area contributed by atoms with Gasteiger partial charge in [0.25, 0.3) is 0 Å². The van der Waals surface area contributed by atoms with Gasteiger partial charge in [-0.15, -0.1) is 0 Å². The first-order valence-electron chi connectivity index (χ1n) is 5.83. The van der Waals surface area contributed by atoms with Gasteiger partial charge in [-0.3, -0.25) is 0 Å². The summed E-state index contributed by atoms with van der Waals surface area (Å²) in [6, 6.07) is 4.76. The van der Waals surface area contributed by atoms with Crippen molar-refractivity contribution in [3.8, 4) is 0 Å². The lowest BCUT2D eigenvalue weighted by Gasteiger charge is -2.02. The summed E-state index contributed by atoms with van der Waals surface area (Å²) in [5.41, 5.74) is 1.48. The molecule has 0 saturated heterocycles. The fraction of sp³-hybridized carbons (Fsp3) is 0.333. The third-order valence-electron chi connectivity index (χ3n) is 2.07. The highest BCUT2D eigenvalue weighted by Gasteiger charge is 2.05. The second kappa shape index (κ2) is 8.68. The fourth-order valence-electron chi connectivity index (χ4n) is 1.37. The maximum Gasteiger partial charge on any atom is 0.136 e. The summed E-state index contributed by atoms with van der Waals surface area (Å²) in [5, 5.41) is 0. The average Bonchev–Trinajstić information content (AvgIpc) is 2.35. The molecule has 1 aromatic carbocycles. The van der Waals surface area contributed by atoms with Crippen molar-refractivity contribution >= 4 is 6.08 Å². The number of hydrogen-bond acceptors (Lipinski definition) is 0. The van der Waals surface area contributed by atoms with Crippen LogP contribution in [0.4, 0.5) is 8.78 Å². The molecule has 94 valence electrons. The Kier molecular flexibility index (Phi) is 7.95. The first kappa shape index (κ1) is 15.6. The van der Waals surface area contributed by atoms with E-state index in [9.17, 15) is 8.78 Å². The Morgan fingerprint density at radius 3 is 2.47 bits per heavy atom. The van der Waals surface area contributed by atoms with Crippen LogP contribution in [-0.2, 0) is 6.67 Å². The van der Waals surface area contributed by atoms with Crippen LogP contribution in [-0.4, -0.2) is 0 Å². The van der Waals surface area contributed by atoms with Gasteiger partial charge in [0.1, 0.15) is 12.5 Å². The Morgan fingerprint density at radius 2 is 1.94 bits per heavy atom. The van der Waals surface area contributed by atoms with Crippen LogP contribution in [0.25, 0.3) is 6.08 Å². The van der Waals surface area contributed by atoms with E-state index in [0.29, 0.717) is 5.56 Å². The zero-order valence-corrected chi connectivity index (χ0v) is 10.9.